The van der Waals surface area contributed by atoms with Crippen LogP contribution in [0.2, 0.25) is 5.02 Å². The van der Waals surface area contributed by atoms with E-state index in [-0.39, 0.29) is 12.0 Å². The van der Waals surface area contributed by atoms with Gasteiger partial charge in [0.1, 0.15) is 0 Å². The molecule has 100 valence electrons. The summed E-state index contributed by atoms with van der Waals surface area (Å²) in [6.45, 7) is 5.18. The molecule has 1 aromatic rings. The van der Waals surface area contributed by atoms with Gasteiger partial charge in [-0.1, -0.05) is 11.6 Å². The van der Waals surface area contributed by atoms with E-state index in [2.05, 4.69) is 5.32 Å². The molecule has 0 aliphatic heterocycles. The fraction of sp³-hybridized carbons (Fsp3) is 0.462. The third kappa shape index (κ3) is 4.94. The van der Waals surface area contributed by atoms with E-state index in [1.165, 1.54) is 0 Å². The standard InChI is InChI=1S/C13H19ClN2O2/c1-9(2)18-7-3-6-16-13(17)10-4-5-12(15)11(14)8-10/h4-5,8-9H,3,6-7,15H2,1-2H3,(H,16,17). The highest BCUT2D eigenvalue weighted by atomic mass is 35.5. The van der Waals surface area contributed by atoms with Crippen molar-refractivity contribution >= 4 is 23.2 Å². The van der Waals surface area contributed by atoms with Crippen molar-refractivity contribution in [1.29, 1.82) is 0 Å². The molecule has 0 heterocycles. The zero-order valence-electron chi connectivity index (χ0n) is 10.7. The summed E-state index contributed by atoms with van der Waals surface area (Å²) in [5.74, 6) is -0.151. The smallest absolute Gasteiger partial charge is 0.251 e. The number of carbonyl (C=O) groups is 1. The summed E-state index contributed by atoms with van der Waals surface area (Å²) in [6, 6.07) is 4.84. The summed E-state index contributed by atoms with van der Waals surface area (Å²) in [5.41, 5.74) is 6.56. The molecule has 0 atom stereocenters. The Morgan fingerprint density at radius 3 is 2.83 bits per heavy atom. The molecule has 0 saturated heterocycles. The van der Waals surface area contributed by atoms with Crippen LogP contribution in [-0.2, 0) is 4.74 Å². The maximum Gasteiger partial charge on any atom is 0.251 e. The first-order valence-electron chi connectivity index (χ1n) is 5.95. The number of nitrogens with two attached hydrogens (primary N) is 1. The minimum absolute atomic E-state index is 0.151. The predicted octanol–water partition coefficient (Wildman–Crippen LogP) is 2.47. The molecule has 0 unspecified atom stereocenters. The van der Waals surface area contributed by atoms with Gasteiger partial charge in [-0.15, -0.1) is 0 Å². The number of hydrogen-bond acceptors (Lipinski definition) is 3. The molecule has 1 aromatic carbocycles. The Hall–Kier alpha value is -1.26. The molecule has 0 fully saturated rings. The molecule has 0 radical (unpaired) electrons. The fourth-order valence-corrected chi connectivity index (χ4v) is 1.54. The lowest BCUT2D eigenvalue weighted by molar-refractivity contribution is 0.0757. The lowest BCUT2D eigenvalue weighted by Gasteiger charge is -2.08. The third-order valence-corrected chi connectivity index (χ3v) is 2.65. The molecule has 1 rings (SSSR count). The van der Waals surface area contributed by atoms with Crippen LogP contribution in [0.4, 0.5) is 5.69 Å². The van der Waals surface area contributed by atoms with Crippen LogP contribution in [0, 0.1) is 0 Å². The average molecular weight is 271 g/mol. The van der Waals surface area contributed by atoms with E-state index < -0.39 is 0 Å². The number of anilines is 1. The van der Waals surface area contributed by atoms with Crippen molar-refractivity contribution < 1.29 is 9.53 Å². The predicted molar refractivity (Wildman–Crippen MR) is 73.9 cm³/mol. The number of amides is 1. The Morgan fingerprint density at radius 2 is 2.22 bits per heavy atom. The Morgan fingerprint density at radius 1 is 1.50 bits per heavy atom. The summed E-state index contributed by atoms with van der Waals surface area (Å²) in [6.07, 6.45) is 1.00. The van der Waals surface area contributed by atoms with Gasteiger partial charge in [0.15, 0.2) is 0 Å². The molecule has 4 nitrogen and oxygen atoms in total. The van der Waals surface area contributed by atoms with Crippen molar-refractivity contribution in [3.63, 3.8) is 0 Å². The SMILES string of the molecule is CC(C)OCCCNC(=O)c1ccc(N)c(Cl)c1. The fourth-order valence-electron chi connectivity index (χ4n) is 1.36. The van der Waals surface area contributed by atoms with E-state index in [9.17, 15) is 4.79 Å². The average Bonchev–Trinajstić information content (AvgIpc) is 2.31. The van der Waals surface area contributed by atoms with Gasteiger partial charge in [0, 0.05) is 18.7 Å². The van der Waals surface area contributed by atoms with Crippen molar-refractivity contribution in [3.05, 3.63) is 28.8 Å². The molecule has 0 aliphatic rings. The molecule has 1 amide bonds. The van der Waals surface area contributed by atoms with Crippen LogP contribution in [-0.4, -0.2) is 25.2 Å². The minimum Gasteiger partial charge on any atom is -0.398 e. The van der Waals surface area contributed by atoms with Crippen LogP contribution >= 0.6 is 11.6 Å². The molecule has 18 heavy (non-hydrogen) atoms. The number of nitrogen functional groups attached to an aromatic ring is 1. The third-order valence-electron chi connectivity index (χ3n) is 2.32. The van der Waals surface area contributed by atoms with Crippen molar-refractivity contribution in [2.24, 2.45) is 0 Å². The second-order valence-electron chi connectivity index (χ2n) is 4.27. The largest absolute Gasteiger partial charge is 0.398 e. The van der Waals surface area contributed by atoms with Crippen LogP contribution in [0.3, 0.4) is 0 Å². The van der Waals surface area contributed by atoms with Gasteiger partial charge in [0.05, 0.1) is 16.8 Å². The molecule has 0 bridgehead atoms. The molecule has 0 aliphatic carbocycles. The highest BCUT2D eigenvalue weighted by Crippen LogP contribution is 2.19. The van der Waals surface area contributed by atoms with Gasteiger partial charge in [-0.2, -0.15) is 0 Å². The number of hydrogen-bond donors (Lipinski definition) is 2. The van der Waals surface area contributed by atoms with Gasteiger partial charge in [0.25, 0.3) is 5.91 Å². The van der Waals surface area contributed by atoms with E-state index in [0.29, 0.717) is 29.4 Å². The van der Waals surface area contributed by atoms with E-state index in [4.69, 9.17) is 22.1 Å². The first-order valence-corrected chi connectivity index (χ1v) is 6.33. The van der Waals surface area contributed by atoms with E-state index >= 15 is 0 Å². The molecule has 5 heteroatoms. The highest BCUT2D eigenvalue weighted by molar-refractivity contribution is 6.33. The molecular formula is C13H19ClN2O2. The number of rotatable bonds is 6. The minimum atomic E-state index is -0.151. The van der Waals surface area contributed by atoms with E-state index in [1.807, 2.05) is 13.8 Å². The Labute approximate surface area is 112 Å². The Kier molecular flexibility index (Phi) is 5.95. The number of benzene rings is 1. The van der Waals surface area contributed by atoms with Crippen molar-refractivity contribution in [3.8, 4) is 0 Å². The highest BCUT2D eigenvalue weighted by Gasteiger charge is 2.06. The maximum atomic E-state index is 11.8. The van der Waals surface area contributed by atoms with E-state index in [0.717, 1.165) is 6.42 Å². The number of halogens is 1. The van der Waals surface area contributed by atoms with Crippen LogP contribution in [0.5, 0.6) is 0 Å². The van der Waals surface area contributed by atoms with Crippen molar-refractivity contribution in [1.82, 2.24) is 5.32 Å². The van der Waals surface area contributed by atoms with E-state index in [1.54, 1.807) is 18.2 Å². The molecule has 0 spiro atoms. The van der Waals surface area contributed by atoms with Gasteiger partial charge in [-0.25, -0.2) is 0 Å². The summed E-state index contributed by atoms with van der Waals surface area (Å²) >= 11 is 5.85. The maximum absolute atomic E-state index is 11.8. The first-order chi connectivity index (χ1) is 8.50. The monoisotopic (exact) mass is 270 g/mol. The van der Waals surface area contributed by atoms with Gasteiger partial charge in [-0.05, 0) is 38.5 Å². The van der Waals surface area contributed by atoms with Gasteiger partial charge in [-0.3, -0.25) is 4.79 Å². The second-order valence-corrected chi connectivity index (χ2v) is 4.67. The molecule has 0 saturated carbocycles. The lowest BCUT2D eigenvalue weighted by Crippen LogP contribution is -2.25. The summed E-state index contributed by atoms with van der Waals surface area (Å²) < 4.78 is 5.38. The number of nitrogens with one attached hydrogen (secondary N) is 1. The van der Waals surface area contributed by atoms with Crippen LogP contribution in [0.15, 0.2) is 18.2 Å². The number of carbonyl (C=O) groups excluding carboxylic acids is 1. The molecular weight excluding hydrogens is 252 g/mol. The van der Waals surface area contributed by atoms with Crippen molar-refractivity contribution in [2.45, 2.75) is 26.4 Å². The van der Waals surface area contributed by atoms with Gasteiger partial charge in [0.2, 0.25) is 0 Å². The topological polar surface area (TPSA) is 64.3 Å². The zero-order chi connectivity index (χ0) is 13.5. The van der Waals surface area contributed by atoms with Crippen molar-refractivity contribution in [2.75, 3.05) is 18.9 Å². The summed E-state index contributed by atoms with van der Waals surface area (Å²) in [4.78, 5) is 11.8. The first kappa shape index (κ1) is 14.8. The molecule has 0 aromatic heterocycles. The summed E-state index contributed by atoms with van der Waals surface area (Å²) in [5, 5.41) is 3.20. The number of ether oxygens (including phenoxy) is 1. The normalized spacial score (nSPS) is 10.7. The van der Waals surface area contributed by atoms with Crippen LogP contribution in [0.1, 0.15) is 30.6 Å². The second kappa shape index (κ2) is 7.24. The zero-order valence-corrected chi connectivity index (χ0v) is 11.5. The summed E-state index contributed by atoms with van der Waals surface area (Å²) in [7, 11) is 0. The van der Waals surface area contributed by atoms with Crippen LogP contribution < -0.4 is 11.1 Å². The lowest BCUT2D eigenvalue weighted by atomic mass is 10.2. The van der Waals surface area contributed by atoms with Gasteiger partial charge >= 0.3 is 0 Å². The quantitative estimate of drug-likeness (QED) is 0.616. The van der Waals surface area contributed by atoms with Crippen LogP contribution in [0.25, 0.3) is 0 Å². The van der Waals surface area contributed by atoms with Gasteiger partial charge < -0.3 is 15.8 Å². The Bertz CT molecular complexity index is 408. The Balaban J connectivity index is 2.34. The molecule has 3 N–H and O–H groups in total.